The van der Waals surface area contributed by atoms with E-state index >= 15 is 0 Å². The fraction of sp³-hybridized carbons (Fsp3) is 0.455. The van der Waals surface area contributed by atoms with E-state index in [0.29, 0.717) is 0 Å². The highest BCUT2D eigenvalue weighted by Gasteiger charge is 2.40. The second-order valence-corrected chi connectivity index (χ2v) is 14.6. The molecular weight excluding hydrogens is 424 g/mol. The number of benzene rings is 1. The molecule has 0 aromatic heterocycles. The lowest BCUT2D eigenvalue weighted by Crippen LogP contribution is -2.44. The van der Waals surface area contributed by atoms with E-state index < -0.39 is 8.32 Å². The Hall–Kier alpha value is -0.613. The van der Waals surface area contributed by atoms with Crippen molar-refractivity contribution in [3.63, 3.8) is 0 Å². The molecule has 26 heavy (non-hydrogen) atoms. The first kappa shape index (κ1) is 21.7. The quantitative estimate of drug-likeness (QED) is 0.323. The van der Waals surface area contributed by atoms with Crippen molar-refractivity contribution in [1.29, 1.82) is 0 Å². The van der Waals surface area contributed by atoms with E-state index in [9.17, 15) is 0 Å². The molecule has 0 fully saturated rings. The average molecular weight is 454 g/mol. The average Bonchev–Trinajstić information content (AvgIpc) is 2.55. The molecule has 1 aliphatic rings. The van der Waals surface area contributed by atoms with Crippen LogP contribution in [0.5, 0.6) is 0 Å². The Morgan fingerprint density at radius 3 is 2.27 bits per heavy atom. The fourth-order valence-corrected chi connectivity index (χ4v) is 4.72. The molecule has 0 saturated carbocycles. The number of allylic oxidation sites excluding steroid dienone is 2. The van der Waals surface area contributed by atoms with Crippen LogP contribution in [-0.2, 0) is 4.43 Å². The van der Waals surface area contributed by atoms with Crippen LogP contribution < -0.4 is 0 Å². The van der Waals surface area contributed by atoms with Gasteiger partial charge in [-0.05, 0) is 76.8 Å². The Kier molecular flexibility index (Phi) is 6.82. The molecule has 1 nitrogen and oxygen atoms in total. The van der Waals surface area contributed by atoms with Crippen molar-refractivity contribution in [2.24, 2.45) is 0 Å². The first-order valence-electron chi connectivity index (χ1n) is 9.13. The summed E-state index contributed by atoms with van der Waals surface area (Å²) >= 11 is 9.87. The third-order valence-corrected chi connectivity index (χ3v) is 11.3. The monoisotopic (exact) mass is 452 g/mol. The lowest BCUT2D eigenvalue weighted by atomic mass is 9.84. The first-order valence-corrected chi connectivity index (χ1v) is 13.2. The maximum Gasteiger partial charge on any atom is 0.193 e. The Labute approximate surface area is 173 Å². The SMILES string of the molecule is C=CC(O[Si](C)(C)C(C)(C)C)C1=C(c2ccc(Cl)cc2)CCC(Br)=C1C. The third kappa shape index (κ3) is 4.62. The summed E-state index contributed by atoms with van der Waals surface area (Å²) in [5.74, 6) is 0. The van der Waals surface area contributed by atoms with E-state index in [1.165, 1.54) is 26.8 Å². The van der Waals surface area contributed by atoms with Gasteiger partial charge in [-0.2, -0.15) is 0 Å². The van der Waals surface area contributed by atoms with Gasteiger partial charge in [0.25, 0.3) is 0 Å². The van der Waals surface area contributed by atoms with Crippen LogP contribution in [0.1, 0.15) is 46.1 Å². The van der Waals surface area contributed by atoms with Crippen LogP contribution in [0.3, 0.4) is 0 Å². The van der Waals surface area contributed by atoms with E-state index in [1.807, 2.05) is 18.2 Å². The van der Waals surface area contributed by atoms with E-state index in [0.717, 1.165) is 17.9 Å². The van der Waals surface area contributed by atoms with Gasteiger partial charge in [0.2, 0.25) is 0 Å². The molecule has 0 aliphatic heterocycles. The van der Waals surface area contributed by atoms with Gasteiger partial charge in [-0.25, -0.2) is 0 Å². The minimum absolute atomic E-state index is 0.102. The van der Waals surface area contributed by atoms with E-state index in [-0.39, 0.29) is 11.1 Å². The molecular formula is C22H30BrClOSi. The summed E-state index contributed by atoms with van der Waals surface area (Å²) in [5, 5.41) is 0.914. The fourth-order valence-electron chi connectivity index (χ4n) is 2.98. The van der Waals surface area contributed by atoms with Crippen LogP contribution in [0.15, 0.2) is 52.5 Å². The second kappa shape index (κ2) is 8.18. The topological polar surface area (TPSA) is 9.23 Å². The molecule has 2 rings (SSSR count). The maximum atomic E-state index is 6.77. The summed E-state index contributed by atoms with van der Waals surface area (Å²) in [6.45, 7) is 17.7. The van der Waals surface area contributed by atoms with E-state index in [2.05, 4.69) is 75.4 Å². The first-order chi connectivity index (χ1) is 12.0. The molecule has 0 heterocycles. The van der Waals surface area contributed by atoms with E-state index in [4.69, 9.17) is 16.0 Å². The van der Waals surface area contributed by atoms with Gasteiger partial charge < -0.3 is 4.43 Å². The molecule has 1 aliphatic carbocycles. The Morgan fingerprint density at radius 1 is 1.19 bits per heavy atom. The number of halogens is 2. The van der Waals surface area contributed by atoms with Gasteiger partial charge in [0.05, 0.1) is 6.10 Å². The van der Waals surface area contributed by atoms with Crippen LogP contribution in [-0.4, -0.2) is 14.4 Å². The summed E-state index contributed by atoms with van der Waals surface area (Å²) in [7, 11) is -1.93. The summed E-state index contributed by atoms with van der Waals surface area (Å²) < 4.78 is 8.03. The van der Waals surface area contributed by atoms with Gasteiger partial charge in [-0.1, -0.05) is 66.5 Å². The zero-order valence-electron chi connectivity index (χ0n) is 16.7. The molecule has 1 aromatic rings. The molecule has 0 bridgehead atoms. The van der Waals surface area contributed by atoms with Crippen LogP contribution in [0.4, 0.5) is 0 Å². The normalized spacial score (nSPS) is 17.5. The highest BCUT2D eigenvalue weighted by Crippen LogP contribution is 2.44. The van der Waals surface area contributed by atoms with Crippen LogP contribution >= 0.6 is 27.5 Å². The molecule has 0 radical (unpaired) electrons. The maximum absolute atomic E-state index is 6.77. The van der Waals surface area contributed by atoms with Gasteiger partial charge in [-0.3, -0.25) is 0 Å². The van der Waals surface area contributed by atoms with Crippen molar-refractivity contribution in [2.45, 2.75) is 64.8 Å². The van der Waals surface area contributed by atoms with Crippen molar-refractivity contribution >= 4 is 41.4 Å². The zero-order valence-corrected chi connectivity index (χ0v) is 20.1. The summed E-state index contributed by atoms with van der Waals surface area (Å²) in [6.07, 6.45) is 3.85. The molecule has 142 valence electrons. The van der Waals surface area contributed by atoms with Crippen molar-refractivity contribution in [3.8, 4) is 0 Å². The van der Waals surface area contributed by atoms with Gasteiger partial charge in [0.1, 0.15) is 0 Å². The lowest BCUT2D eigenvalue weighted by molar-refractivity contribution is 0.259. The molecule has 1 unspecified atom stereocenters. The smallest absolute Gasteiger partial charge is 0.193 e. The van der Waals surface area contributed by atoms with E-state index in [1.54, 1.807) is 0 Å². The standard InChI is InChI=1S/C22H30BrClOSi/c1-8-20(25-26(6,7)22(3,4)5)21-15(2)19(23)14-13-18(21)16-9-11-17(24)12-10-16/h8-12,20H,1,13-14H2,2-7H3. The van der Waals surface area contributed by atoms with Gasteiger partial charge >= 0.3 is 0 Å². The third-order valence-electron chi connectivity index (χ3n) is 5.65. The molecule has 1 atom stereocenters. The Balaban J connectivity index is 2.56. The van der Waals surface area contributed by atoms with Crippen LogP contribution in [0.2, 0.25) is 23.2 Å². The zero-order chi connectivity index (χ0) is 19.7. The largest absolute Gasteiger partial charge is 0.407 e. The van der Waals surface area contributed by atoms with Crippen molar-refractivity contribution in [2.75, 3.05) is 0 Å². The Morgan fingerprint density at radius 2 is 1.77 bits per heavy atom. The predicted molar refractivity (Wildman–Crippen MR) is 122 cm³/mol. The number of hydrogen-bond acceptors (Lipinski definition) is 1. The molecule has 0 amide bonds. The number of hydrogen-bond donors (Lipinski definition) is 0. The van der Waals surface area contributed by atoms with Gasteiger partial charge in [-0.15, -0.1) is 6.58 Å². The van der Waals surface area contributed by atoms with Crippen LogP contribution in [0, 0.1) is 0 Å². The predicted octanol–water partition coefficient (Wildman–Crippen LogP) is 8.13. The highest BCUT2D eigenvalue weighted by molar-refractivity contribution is 9.11. The lowest BCUT2D eigenvalue weighted by Gasteiger charge is -2.40. The van der Waals surface area contributed by atoms with Gasteiger partial charge in [0, 0.05) is 5.02 Å². The van der Waals surface area contributed by atoms with Gasteiger partial charge in [0.15, 0.2) is 8.32 Å². The molecule has 0 saturated heterocycles. The second-order valence-electron chi connectivity index (χ2n) is 8.46. The number of rotatable bonds is 5. The minimum Gasteiger partial charge on any atom is -0.407 e. The minimum atomic E-state index is -1.93. The summed E-state index contributed by atoms with van der Waals surface area (Å²) in [4.78, 5) is 0. The van der Waals surface area contributed by atoms with Crippen molar-refractivity contribution in [1.82, 2.24) is 0 Å². The Bertz CT molecular complexity index is 738. The molecule has 1 aromatic carbocycles. The van der Waals surface area contributed by atoms with Crippen LogP contribution in [0.25, 0.3) is 5.57 Å². The summed E-state index contributed by atoms with van der Waals surface area (Å²) in [5.41, 5.74) is 5.08. The molecule has 0 spiro atoms. The molecule has 0 N–H and O–H groups in total. The van der Waals surface area contributed by atoms with Crippen molar-refractivity contribution < 1.29 is 4.43 Å². The summed E-state index contributed by atoms with van der Waals surface area (Å²) in [6, 6.07) is 8.14. The highest BCUT2D eigenvalue weighted by atomic mass is 79.9. The van der Waals surface area contributed by atoms with Crippen molar-refractivity contribution in [3.05, 3.63) is 63.1 Å². The molecule has 4 heteroatoms.